The Balaban J connectivity index is 1.57. The summed E-state index contributed by atoms with van der Waals surface area (Å²) in [4.78, 5) is 16.2. The summed E-state index contributed by atoms with van der Waals surface area (Å²) in [6.45, 7) is 4.86. The first-order valence-electron chi connectivity index (χ1n) is 9.21. The van der Waals surface area contributed by atoms with Crippen molar-refractivity contribution >= 4 is 17.6 Å². The van der Waals surface area contributed by atoms with Gasteiger partial charge in [0.05, 0.1) is 19.2 Å². The molecule has 4 N–H and O–H groups in total. The van der Waals surface area contributed by atoms with Gasteiger partial charge in [-0.15, -0.1) is 0 Å². The lowest BCUT2D eigenvalue weighted by molar-refractivity contribution is -0.118. The van der Waals surface area contributed by atoms with E-state index >= 15 is 0 Å². The van der Waals surface area contributed by atoms with Crippen LogP contribution in [0.3, 0.4) is 0 Å². The first-order valence-corrected chi connectivity index (χ1v) is 9.21. The average molecular weight is 366 g/mol. The number of anilines is 1. The van der Waals surface area contributed by atoms with Crippen molar-refractivity contribution in [1.82, 2.24) is 5.32 Å². The van der Waals surface area contributed by atoms with Crippen LogP contribution in [0.15, 0.2) is 53.5 Å². The number of hydrogen-bond acceptors (Lipinski definition) is 3. The molecule has 0 aromatic heterocycles. The molecule has 1 heterocycles. The maximum atomic E-state index is 11.7. The zero-order valence-corrected chi connectivity index (χ0v) is 15.7. The number of nitrogens with one attached hydrogen (secondary N) is 2. The van der Waals surface area contributed by atoms with E-state index in [4.69, 9.17) is 10.5 Å². The molecule has 1 atom stereocenters. The Hall–Kier alpha value is -3.02. The van der Waals surface area contributed by atoms with Gasteiger partial charge in [-0.3, -0.25) is 4.79 Å². The van der Waals surface area contributed by atoms with Gasteiger partial charge in [-0.2, -0.15) is 0 Å². The second-order valence-corrected chi connectivity index (χ2v) is 6.91. The van der Waals surface area contributed by atoms with Gasteiger partial charge in [0.25, 0.3) is 0 Å². The van der Waals surface area contributed by atoms with E-state index in [9.17, 15) is 4.79 Å². The summed E-state index contributed by atoms with van der Waals surface area (Å²) in [5.74, 6) is 1.27. The van der Waals surface area contributed by atoms with Gasteiger partial charge in [0.15, 0.2) is 5.96 Å². The minimum absolute atomic E-state index is 0.00552. The highest BCUT2D eigenvalue weighted by atomic mass is 16.5. The Kier molecular flexibility index (Phi) is 5.96. The summed E-state index contributed by atoms with van der Waals surface area (Å²) in [5.41, 5.74) is 8.99. The number of nitrogens with two attached hydrogens (primary N) is 1. The number of ether oxygens (including phenoxy) is 1. The average Bonchev–Trinajstić information content (AvgIpc) is 2.67. The number of nitrogens with zero attached hydrogens (tertiary/aromatic N) is 1. The molecule has 0 radical (unpaired) electrons. The van der Waals surface area contributed by atoms with Crippen molar-refractivity contribution in [2.24, 2.45) is 16.6 Å². The van der Waals surface area contributed by atoms with Crippen LogP contribution in [0, 0.1) is 5.92 Å². The topological polar surface area (TPSA) is 88.7 Å². The lowest BCUT2D eigenvalue weighted by Crippen LogP contribution is -2.37. The van der Waals surface area contributed by atoms with E-state index in [1.165, 1.54) is 0 Å². The fourth-order valence-corrected chi connectivity index (χ4v) is 2.87. The predicted octanol–water partition coefficient (Wildman–Crippen LogP) is 3.21. The standard InChI is InChI=1S/C21H26N4O2/c1-14(2)20(26)24-16-9-7-15(8-10-16)13-23-21(22)25-18-11-12-27-19-6-4-3-5-17(18)19/h3-10,14,18H,11-13H2,1-2H3,(H,24,26)(H3,22,23,25). The van der Waals surface area contributed by atoms with E-state index in [0.717, 1.165) is 29.0 Å². The van der Waals surface area contributed by atoms with Gasteiger partial charge in [0, 0.05) is 23.6 Å². The van der Waals surface area contributed by atoms with Crippen LogP contribution in [0.25, 0.3) is 0 Å². The van der Waals surface area contributed by atoms with Crippen molar-refractivity contribution in [1.29, 1.82) is 0 Å². The molecule has 0 saturated carbocycles. The quantitative estimate of drug-likeness (QED) is 0.560. The van der Waals surface area contributed by atoms with E-state index in [2.05, 4.69) is 15.6 Å². The molecular weight excluding hydrogens is 340 g/mol. The second-order valence-electron chi connectivity index (χ2n) is 6.91. The number of fused-ring (bicyclic) bond motifs is 1. The van der Waals surface area contributed by atoms with Crippen molar-refractivity contribution in [3.63, 3.8) is 0 Å². The van der Waals surface area contributed by atoms with Crippen molar-refractivity contribution in [3.05, 3.63) is 59.7 Å². The third-order valence-electron chi connectivity index (χ3n) is 4.46. The van der Waals surface area contributed by atoms with E-state index in [0.29, 0.717) is 19.1 Å². The summed E-state index contributed by atoms with van der Waals surface area (Å²) >= 11 is 0. The molecular formula is C21H26N4O2. The lowest BCUT2D eigenvalue weighted by atomic mass is 10.0. The first-order chi connectivity index (χ1) is 13.0. The molecule has 0 aliphatic carbocycles. The molecule has 1 aliphatic heterocycles. The van der Waals surface area contributed by atoms with Crippen LogP contribution in [-0.4, -0.2) is 18.5 Å². The van der Waals surface area contributed by atoms with Crippen LogP contribution in [0.4, 0.5) is 5.69 Å². The number of guanidine groups is 1. The van der Waals surface area contributed by atoms with Gasteiger partial charge in [-0.1, -0.05) is 44.2 Å². The molecule has 0 fully saturated rings. The molecule has 3 rings (SSSR count). The molecule has 0 spiro atoms. The highest BCUT2D eigenvalue weighted by Gasteiger charge is 2.21. The van der Waals surface area contributed by atoms with Crippen LogP contribution in [-0.2, 0) is 11.3 Å². The van der Waals surface area contributed by atoms with Gasteiger partial charge < -0.3 is 21.1 Å². The number of hydrogen-bond donors (Lipinski definition) is 3. The molecule has 27 heavy (non-hydrogen) atoms. The summed E-state index contributed by atoms with van der Waals surface area (Å²) in [7, 11) is 0. The Morgan fingerprint density at radius 2 is 1.96 bits per heavy atom. The highest BCUT2D eigenvalue weighted by molar-refractivity contribution is 5.92. The maximum Gasteiger partial charge on any atom is 0.226 e. The van der Waals surface area contributed by atoms with Gasteiger partial charge in [-0.05, 0) is 23.8 Å². The van der Waals surface area contributed by atoms with Crippen molar-refractivity contribution in [2.75, 3.05) is 11.9 Å². The zero-order chi connectivity index (χ0) is 19.2. The van der Waals surface area contributed by atoms with E-state index in [1.807, 2.05) is 62.4 Å². The zero-order valence-electron chi connectivity index (χ0n) is 15.7. The monoisotopic (exact) mass is 366 g/mol. The van der Waals surface area contributed by atoms with Gasteiger partial charge >= 0.3 is 0 Å². The van der Waals surface area contributed by atoms with Crippen LogP contribution in [0.1, 0.15) is 37.4 Å². The Bertz CT molecular complexity index is 815. The maximum absolute atomic E-state index is 11.7. The second kappa shape index (κ2) is 8.58. The third-order valence-corrected chi connectivity index (χ3v) is 4.46. The highest BCUT2D eigenvalue weighted by Crippen LogP contribution is 2.31. The molecule has 2 aromatic carbocycles. The number of para-hydroxylation sites is 1. The largest absolute Gasteiger partial charge is 0.493 e. The fraction of sp³-hybridized carbons (Fsp3) is 0.333. The Morgan fingerprint density at radius 1 is 1.22 bits per heavy atom. The number of rotatable bonds is 5. The van der Waals surface area contributed by atoms with Crippen LogP contribution < -0.4 is 21.1 Å². The van der Waals surface area contributed by atoms with E-state index in [-0.39, 0.29) is 17.9 Å². The smallest absolute Gasteiger partial charge is 0.226 e. The molecule has 142 valence electrons. The van der Waals surface area contributed by atoms with Gasteiger partial charge in [-0.25, -0.2) is 4.99 Å². The molecule has 0 bridgehead atoms. The third kappa shape index (κ3) is 5.00. The predicted molar refractivity (Wildman–Crippen MR) is 108 cm³/mol. The normalized spacial score (nSPS) is 16.4. The van der Waals surface area contributed by atoms with Gasteiger partial charge in [0.2, 0.25) is 5.91 Å². The summed E-state index contributed by atoms with van der Waals surface area (Å²) in [5, 5.41) is 6.16. The lowest BCUT2D eigenvalue weighted by Gasteiger charge is -2.26. The van der Waals surface area contributed by atoms with E-state index < -0.39 is 0 Å². The Morgan fingerprint density at radius 3 is 2.70 bits per heavy atom. The summed E-state index contributed by atoms with van der Waals surface area (Å²) in [6, 6.07) is 15.7. The van der Waals surface area contributed by atoms with Crippen molar-refractivity contribution < 1.29 is 9.53 Å². The van der Waals surface area contributed by atoms with Crippen LogP contribution in [0.5, 0.6) is 5.75 Å². The molecule has 6 heteroatoms. The van der Waals surface area contributed by atoms with Crippen molar-refractivity contribution in [3.8, 4) is 5.75 Å². The van der Waals surface area contributed by atoms with E-state index in [1.54, 1.807) is 0 Å². The molecule has 1 unspecified atom stereocenters. The van der Waals surface area contributed by atoms with Gasteiger partial charge in [0.1, 0.15) is 5.75 Å². The molecule has 0 saturated heterocycles. The Labute approximate surface area is 159 Å². The molecule has 2 aromatic rings. The number of benzene rings is 2. The molecule has 1 amide bonds. The minimum Gasteiger partial charge on any atom is -0.493 e. The number of carbonyl (C=O) groups excluding carboxylic acids is 1. The summed E-state index contributed by atoms with van der Waals surface area (Å²) < 4.78 is 5.67. The minimum atomic E-state index is -0.0459. The number of carbonyl (C=O) groups is 1. The molecule has 6 nitrogen and oxygen atoms in total. The fourth-order valence-electron chi connectivity index (χ4n) is 2.87. The van der Waals surface area contributed by atoms with Crippen molar-refractivity contribution in [2.45, 2.75) is 32.9 Å². The number of amides is 1. The SMILES string of the molecule is CC(C)C(=O)Nc1ccc(CN=C(N)NC2CCOc3ccccc32)cc1. The number of aliphatic imine (C=N–C) groups is 1. The summed E-state index contributed by atoms with van der Waals surface area (Å²) in [6.07, 6.45) is 0.845. The van der Waals surface area contributed by atoms with Crippen LogP contribution in [0.2, 0.25) is 0 Å². The van der Waals surface area contributed by atoms with Crippen LogP contribution >= 0.6 is 0 Å². The molecule has 1 aliphatic rings. The first kappa shape index (κ1) is 18.8.